The molecule has 0 amide bonds. The van der Waals surface area contributed by atoms with Crippen LogP contribution in [0.1, 0.15) is 32.3 Å². The Kier molecular flexibility index (Phi) is 7.59. The van der Waals surface area contributed by atoms with Gasteiger partial charge in [-0.2, -0.15) is 0 Å². The Balaban J connectivity index is 1.96. The summed E-state index contributed by atoms with van der Waals surface area (Å²) in [6.07, 6.45) is 2.45. The Morgan fingerprint density at radius 3 is 2.73 bits per heavy atom. The molecular formula is C19H29N5O2. The Morgan fingerprint density at radius 2 is 2.12 bits per heavy atom. The van der Waals surface area contributed by atoms with E-state index in [0.29, 0.717) is 19.1 Å². The summed E-state index contributed by atoms with van der Waals surface area (Å²) in [5, 5.41) is 17.5. The highest BCUT2D eigenvalue weighted by Gasteiger charge is 2.22. The first-order valence-electron chi connectivity index (χ1n) is 9.13. The van der Waals surface area contributed by atoms with E-state index in [2.05, 4.69) is 34.0 Å². The first-order chi connectivity index (χ1) is 12.5. The second kappa shape index (κ2) is 9.91. The second-order valence-corrected chi connectivity index (χ2v) is 6.70. The van der Waals surface area contributed by atoms with Gasteiger partial charge in [-0.25, -0.2) is 4.99 Å². The molecule has 7 heteroatoms. The van der Waals surface area contributed by atoms with Crippen LogP contribution in [0.5, 0.6) is 0 Å². The van der Waals surface area contributed by atoms with Gasteiger partial charge < -0.3 is 10.6 Å². The Bertz CT molecular complexity index is 642. The molecule has 2 N–H and O–H groups in total. The molecule has 1 aromatic carbocycles. The molecule has 1 aliphatic heterocycles. The van der Waals surface area contributed by atoms with E-state index < -0.39 is 4.92 Å². The first-order valence-corrected chi connectivity index (χ1v) is 9.13. The summed E-state index contributed by atoms with van der Waals surface area (Å²) < 4.78 is 0. The van der Waals surface area contributed by atoms with Crippen molar-refractivity contribution in [3.63, 3.8) is 0 Å². The monoisotopic (exact) mass is 359 g/mol. The molecular weight excluding hydrogens is 330 g/mol. The molecule has 7 nitrogen and oxygen atoms in total. The molecule has 1 heterocycles. The summed E-state index contributed by atoms with van der Waals surface area (Å²) in [6, 6.07) is 7.05. The first kappa shape index (κ1) is 19.9. The van der Waals surface area contributed by atoms with E-state index in [1.165, 1.54) is 25.0 Å². The normalized spacial score (nSPS) is 17.9. The lowest BCUT2D eigenvalue weighted by Gasteiger charge is -2.24. The van der Waals surface area contributed by atoms with Gasteiger partial charge in [0, 0.05) is 31.3 Å². The summed E-state index contributed by atoms with van der Waals surface area (Å²) in [6.45, 7) is 12.3. The van der Waals surface area contributed by atoms with Crippen LogP contribution < -0.4 is 10.6 Å². The van der Waals surface area contributed by atoms with Crippen molar-refractivity contribution >= 4 is 11.6 Å². The van der Waals surface area contributed by atoms with Crippen LogP contribution in [0.3, 0.4) is 0 Å². The third kappa shape index (κ3) is 6.15. The molecule has 0 bridgehead atoms. The molecule has 0 aliphatic carbocycles. The average Bonchev–Trinajstić information content (AvgIpc) is 3.08. The minimum atomic E-state index is -0.393. The molecule has 0 radical (unpaired) electrons. The van der Waals surface area contributed by atoms with Gasteiger partial charge in [-0.3, -0.25) is 15.0 Å². The van der Waals surface area contributed by atoms with Gasteiger partial charge in [0.25, 0.3) is 5.69 Å². The Hall–Kier alpha value is -2.41. The van der Waals surface area contributed by atoms with E-state index in [-0.39, 0.29) is 5.69 Å². The van der Waals surface area contributed by atoms with Crippen LogP contribution in [0.4, 0.5) is 5.69 Å². The molecule has 26 heavy (non-hydrogen) atoms. The van der Waals surface area contributed by atoms with Gasteiger partial charge in [0.05, 0.1) is 11.5 Å². The van der Waals surface area contributed by atoms with Gasteiger partial charge in [-0.15, -0.1) is 0 Å². The number of likely N-dealkylation sites (tertiary alicyclic amines) is 1. The van der Waals surface area contributed by atoms with E-state index in [1.807, 2.05) is 6.92 Å². The summed E-state index contributed by atoms with van der Waals surface area (Å²) in [4.78, 5) is 17.4. The maximum absolute atomic E-state index is 10.7. The number of hydrogen-bond acceptors (Lipinski definition) is 4. The van der Waals surface area contributed by atoms with Crippen LogP contribution in [0.2, 0.25) is 0 Å². The summed E-state index contributed by atoms with van der Waals surface area (Å²) in [7, 11) is 0. The van der Waals surface area contributed by atoms with Crippen molar-refractivity contribution in [2.45, 2.75) is 39.3 Å². The molecule has 0 saturated carbocycles. The number of likely N-dealkylation sites (N-methyl/N-ethyl adjacent to an activating group) is 1. The van der Waals surface area contributed by atoms with Crippen molar-refractivity contribution in [3.05, 3.63) is 52.1 Å². The molecule has 1 aromatic rings. The quantitative estimate of drug-likeness (QED) is 0.245. The number of aliphatic imine (C=N–C) groups is 1. The highest BCUT2D eigenvalue weighted by atomic mass is 16.6. The zero-order valence-corrected chi connectivity index (χ0v) is 15.7. The van der Waals surface area contributed by atoms with Crippen LogP contribution >= 0.6 is 0 Å². The number of nitrogens with zero attached hydrogens (tertiary/aromatic N) is 3. The largest absolute Gasteiger partial charge is 0.355 e. The van der Waals surface area contributed by atoms with Crippen molar-refractivity contribution in [1.82, 2.24) is 15.5 Å². The van der Waals surface area contributed by atoms with Crippen LogP contribution in [0.15, 0.2) is 41.4 Å². The number of rotatable bonds is 8. The van der Waals surface area contributed by atoms with E-state index >= 15 is 0 Å². The SMILES string of the molecule is C=C(C)CNC(=NCc1ccc([N+](=O)[O-])cc1)NCC1CCCN1CC. The highest BCUT2D eigenvalue weighted by Crippen LogP contribution is 2.15. The molecule has 142 valence electrons. The third-order valence-electron chi connectivity index (χ3n) is 4.53. The van der Waals surface area contributed by atoms with Crippen molar-refractivity contribution in [2.75, 3.05) is 26.2 Å². The molecule has 1 unspecified atom stereocenters. The van der Waals surface area contributed by atoms with E-state index in [1.54, 1.807) is 12.1 Å². The fourth-order valence-electron chi connectivity index (χ4n) is 3.06. The number of benzene rings is 1. The molecule has 1 saturated heterocycles. The molecule has 1 atom stereocenters. The maximum atomic E-state index is 10.7. The van der Waals surface area contributed by atoms with Gasteiger partial charge in [-0.05, 0) is 38.4 Å². The van der Waals surface area contributed by atoms with Gasteiger partial charge in [-0.1, -0.05) is 31.2 Å². The molecule has 2 rings (SSSR count). The zero-order valence-electron chi connectivity index (χ0n) is 15.7. The van der Waals surface area contributed by atoms with E-state index in [9.17, 15) is 10.1 Å². The molecule has 1 fully saturated rings. The predicted molar refractivity (Wildman–Crippen MR) is 105 cm³/mol. The number of nitro benzene ring substituents is 1. The van der Waals surface area contributed by atoms with E-state index in [4.69, 9.17) is 0 Å². The maximum Gasteiger partial charge on any atom is 0.269 e. The van der Waals surface area contributed by atoms with Crippen LogP contribution in [0, 0.1) is 10.1 Å². The highest BCUT2D eigenvalue weighted by molar-refractivity contribution is 5.80. The zero-order chi connectivity index (χ0) is 18.9. The lowest BCUT2D eigenvalue weighted by molar-refractivity contribution is -0.384. The number of hydrogen-bond donors (Lipinski definition) is 2. The van der Waals surface area contributed by atoms with Gasteiger partial charge in [0.15, 0.2) is 5.96 Å². The van der Waals surface area contributed by atoms with Crippen molar-refractivity contribution in [3.8, 4) is 0 Å². The number of nitro groups is 1. The minimum absolute atomic E-state index is 0.0948. The number of non-ortho nitro benzene ring substituents is 1. The van der Waals surface area contributed by atoms with Crippen molar-refractivity contribution in [2.24, 2.45) is 4.99 Å². The standard InChI is InChI=1S/C19H29N5O2/c1-4-23-11-5-6-18(23)14-22-19(20-12-15(2)3)21-13-16-7-9-17(10-8-16)24(25)26/h7-10,18H,2,4-6,11-14H2,1,3H3,(H2,20,21,22). The van der Waals surface area contributed by atoms with Gasteiger partial charge in [0.2, 0.25) is 0 Å². The number of guanidine groups is 1. The molecule has 0 spiro atoms. The Labute approximate surface area is 155 Å². The van der Waals surface area contributed by atoms with Crippen LogP contribution in [-0.2, 0) is 6.54 Å². The lowest BCUT2D eigenvalue weighted by Crippen LogP contribution is -2.45. The lowest BCUT2D eigenvalue weighted by atomic mass is 10.2. The summed E-state index contributed by atoms with van der Waals surface area (Å²) in [5.74, 6) is 0.745. The fraction of sp³-hybridized carbons (Fsp3) is 0.526. The Morgan fingerprint density at radius 1 is 1.38 bits per heavy atom. The molecule has 1 aliphatic rings. The van der Waals surface area contributed by atoms with Crippen molar-refractivity contribution in [1.29, 1.82) is 0 Å². The summed E-state index contributed by atoms with van der Waals surface area (Å²) in [5.41, 5.74) is 2.06. The summed E-state index contributed by atoms with van der Waals surface area (Å²) >= 11 is 0. The second-order valence-electron chi connectivity index (χ2n) is 6.70. The van der Waals surface area contributed by atoms with Crippen molar-refractivity contribution < 1.29 is 4.92 Å². The third-order valence-corrected chi connectivity index (χ3v) is 4.53. The molecule has 0 aromatic heterocycles. The van der Waals surface area contributed by atoms with Gasteiger partial charge >= 0.3 is 0 Å². The van der Waals surface area contributed by atoms with Crippen LogP contribution in [0.25, 0.3) is 0 Å². The fourth-order valence-corrected chi connectivity index (χ4v) is 3.06. The number of nitrogens with one attached hydrogen (secondary N) is 2. The predicted octanol–water partition coefficient (Wildman–Crippen LogP) is 2.69. The smallest absolute Gasteiger partial charge is 0.269 e. The van der Waals surface area contributed by atoms with E-state index in [0.717, 1.165) is 36.7 Å². The van der Waals surface area contributed by atoms with Gasteiger partial charge in [0.1, 0.15) is 0 Å². The van der Waals surface area contributed by atoms with Crippen LogP contribution in [-0.4, -0.2) is 48.0 Å². The topological polar surface area (TPSA) is 82.8 Å². The average molecular weight is 359 g/mol. The minimum Gasteiger partial charge on any atom is -0.355 e.